The lowest BCUT2D eigenvalue weighted by Crippen LogP contribution is -2.25. The summed E-state index contributed by atoms with van der Waals surface area (Å²) in [5, 5.41) is 4.97. The Bertz CT molecular complexity index is 586. The maximum atomic E-state index is 11.8. The quantitative estimate of drug-likeness (QED) is 0.827. The molecule has 1 amide bonds. The predicted molar refractivity (Wildman–Crippen MR) is 86.0 cm³/mol. The van der Waals surface area contributed by atoms with Crippen LogP contribution in [0, 0.1) is 6.92 Å². The third-order valence-electron chi connectivity index (χ3n) is 3.24. The van der Waals surface area contributed by atoms with Crippen molar-refractivity contribution in [1.82, 2.24) is 5.32 Å². The summed E-state index contributed by atoms with van der Waals surface area (Å²) in [4.78, 5) is 12.9. The van der Waals surface area contributed by atoms with Crippen LogP contribution in [0.5, 0.6) is 0 Å². The highest BCUT2D eigenvalue weighted by molar-refractivity contribution is 7.11. The van der Waals surface area contributed by atoms with Crippen LogP contribution in [0.25, 0.3) is 6.08 Å². The van der Waals surface area contributed by atoms with E-state index >= 15 is 0 Å². The summed E-state index contributed by atoms with van der Waals surface area (Å²) < 4.78 is 0. The standard InChI is InChI=1S/C17H19NOS/c1-13-10-11-20-16(13)8-9-17(19)18-12-14(2)15-6-4-3-5-7-15/h3-11,14H,12H2,1-2H3,(H,18,19)/b9-8+/t14-/m1/s1. The molecule has 2 rings (SSSR count). The van der Waals surface area contributed by atoms with Crippen LogP contribution in [0.2, 0.25) is 0 Å². The van der Waals surface area contributed by atoms with E-state index in [0.717, 1.165) is 4.88 Å². The SMILES string of the molecule is Cc1ccsc1/C=C/C(=O)NC[C@@H](C)c1ccccc1. The van der Waals surface area contributed by atoms with Crippen LogP contribution in [0.3, 0.4) is 0 Å². The zero-order chi connectivity index (χ0) is 14.4. The molecule has 0 aliphatic rings. The van der Waals surface area contributed by atoms with Crippen molar-refractivity contribution < 1.29 is 4.79 Å². The minimum absolute atomic E-state index is 0.0411. The smallest absolute Gasteiger partial charge is 0.244 e. The summed E-state index contributed by atoms with van der Waals surface area (Å²) in [5.74, 6) is 0.276. The first-order chi connectivity index (χ1) is 9.66. The van der Waals surface area contributed by atoms with E-state index in [-0.39, 0.29) is 5.91 Å². The van der Waals surface area contributed by atoms with Gasteiger partial charge in [0.25, 0.3) is 0 Å². The molecule has 1 aromatic heterocycles. The van der Waals surface area contributed by atoms with E-state index < -0.39 is 0 Å². The number of benzene rings is 1. The van der Waals surface area contributed by atoms with Gasteiger partial charge in [0.1, 0.15) is 0 Å². The first-order valence-corrected chi connectivity index (χ1v) is 7.59. The fourth-order valence-corrected chi connectivity index (χ4v) is 2.74. The number of amides is 1. The lowest BCUT2D eigenvalue weighted by molar-refractivity contribution is -0.116. The molecule has 0 fully saturated rings. The normalized spacial score (nSPS) is 12.5. The highest BCUT2D eigenvalue weighted by Crippen LogP contribution is 2.17. The summed E-state index contributed by atoms with van der Waals surface area (Å²) in [6.07, 6.45) is 3.49. The summed E-state index contributed by atoms with van der Waals surface area (Å²) in [6.45, 7) is 4.81. The average molecular weight is 285 g/mol. The highest BCUT2D eigenvalue weighted by Gasteiger charge is 2.05. The average Bonchev–Trinajstić information content (AvgIpc) is 2.89. The van der Waals surface area contributed by atoms with Crippen molar-refractivity contribution in [2.75, 3.05) is 6.54 Å². The Labute approximate surface area is 124 Å². The molecule has 0 aliphatic carbocycles. The van der Waals surface area contributed by atoms with Gasteiger partial charge in [-0.15, -0.1) is 11.3 Å². The Hall–Kier alpha value is -1.87. The van der Waals surface area contributed by atoms with Gasteiger partial charge in [-0.25, -0.2) is 0 Å². The van der Waals surface area contributed by atoms with Crippen LogP contribution in [0.4, 0.5) is 0 Å². The van der Waals surface area contributed by atoms with Gasteiger partial charge in [0.15, 0.2) is 0 Å². The van der Waals surface area contributed by atoms with Gasteiger partial charge in [0, 0.05) is 17.5 Å². The maximum absolute atomic E-state index is 11.8. The molecule has 0 spiro atoms. The van der Waals surface area contributed by atoms with Gasteiger partial charge >= 0.3 is 0 Å². The zero-order valence-corrected chi connectivity index (χ0v) is 12.6. The number of hydrogen-bond acceptors (Lipinski definition) is 2. The first-order valence-electron chi connectivity index (χ1n) is 6.72. The lowest BCUT2D eigenvalue weighted by atomic mass is 10.0. The topological polar surface area (TPSA) is 29.1 Å². The molecule has 1 heterocycles. The number of nitrogens with one attached hydrogen (secondary N) is 1. The molecule has 104 valence electrons. The van der Waals surface area contributed by atoms with Gasteiger partial charge < -0.3 is 5.32 Å². The Kier molecular flexibility index (Phi) is 5.13. The summed E-state index contributed by atoms with van der Waals surface area (Å²) >= 11 is 1.65. The second kappa shape index (κ2) is 7.06. The number of aryl methyl sites for hydroxylation is 1. The van der Waals surface area contributed by atoms with Gasteiger partial charge in [-0.05, 0) is 41.5 Å². The Balaban J connectivity index is 1.84. The second-order valence-corrected chi connectivity index (χ2v) is 5.81. The van der Waals surface area contributed by atoms with Crippen molar-refractivity contribution >= 4 is 23.3 Å². The third-order valence-corrected chi connectivity index (χ3v) is 4.22. The van der Waals surface area contributed by atoms with Crippen LogP contribution in [0.1, 0.15) is 28.8 Å². The van der Waals surface area contributed by atoms with Crippen molar-refractivity contribution in [3.8, 4) is 0 Å². The molecule has 2 aromatic rings. The van der Waals surface area contributed by atoms with Crippen molar-refractivity contribution in [2.45, 2.75) is 19.8 Å². The number of rotatable bonds is 5. The lowest BCUT2D eigenvalue weighted by Gasteiger charge is -2.11. The van der Waals surface area contributed by atoms with Crippen LogP contribution in [-0.4, -0.2) is 12.5 Å². The Morgan fingerprint density at radius 3 is 2.70 bits per heavy atom. The zero-order valence-electron chi connectivity index (χ0n) is 11.8. The fourth-order valence-electron chi connectivity index (χ4n) is 1.92. The van der Waals surface area contributed by atoms with Crippen molar-refractivity contribution in [1.29, 1.82) is 0 Å². The molecule has 0 saturated carbocycles. The Morgan fingerprint density at radius 2 is 2.05 bits per heavy atom. The molecule has 0 bridgehead atoms. The largest absolute Gasteiger partial charge is 0.352 e. The minimum Gasteiger partial charge on any atom is -0.352 e. The number of carbonyl (C=O) groups excluding carboxylic acids is 1. The maximum Gasteiger partial charge on any atom is 0.244 e. The summed E-state index contributed by atoms with van der Waals surface area (Å²) in [7, 11) is 0. The summed E-state index contributed by atoms with van der Waals surface area (Å²) in [5.41, 5.74) is 2.45. The molecule has 2 nitrogen and oxygen atoms in total. The van der Waals surface area contributed by atoms with Gasteiger partial charge in [0.05, 0.1) is 0 Å². The fraction of sp³-hybridized carbons (Fsp3) is 0.235. The van der Waals surface area contributed by atoms with Gasteiger partial charge in [-0.1, -0.05) is 37.3 Å². The van der Waals surface area contributed by atoms with Crippen molar-refractivity contribution in [3.63, 3.8) is 0 Å². The van der Waals surface area contributed by atoms with Crippen LogP contribution >= 0.6 is 11.3 Å². The minimum atomic E-state index is -0.0411. The monoisotopic (exact) mass is 285 g/mol. The second-order valence-electron chi connectivity index (χ2n) is 4.86. The van der Waals surface area contributed by atoms with E-state index in [9.17, 15) is 4.79 Å². The predicted octanol–water partition coefficient (Wildman–Crippen LogP) is 3.99. The van der Waals surface area contributed by atoms with E-state index in [2.05, 4.69) is 30.4 Å². The molecular formula is C17H19NOS. The molecule has 0 unspecified atom stereocenters. The summed E-state index contributed by atoms with van der Waals surface area (Å²) in [6, 6.07) is 12.3. The van der Waals surface area contributed by atoms with Gasteiger partial charge in [-0.2, -0.15) is 0 Å². The molecule has 20 heavy (non-hydrogen) atoms. The van der Waals surface area contributed by atoms with Crippen molar-refractivity contribution in [2.24, 2.45) is 0 Å². The molecule has 0 aliphatic heterocycles. The van der Waals surface area contributed by atoms with E-state index in [4.69, 9.17) is 0 Å². The third kappa shape index (κ3) is 4.07. The molecule has 0 radical (unpaired) electrons. The molecule has 3 heteroatoms. The van der Waals surface area contributed by atoms with Crippen LogP contribution in [-0.2, 0) is 4.79 Å². The first kappa shape index (κ1) is 14.5. The van der Waals surface area contributed by atoms with E-state index in [1.54, 1.807) is 17.4 Å². The molecule has 1 atom stereocenters. The van der Waals surface area contributed by atoms with Crippen LogP contribution < -0.4 is 5.32 Å². The van der Waals surface area contributed by atoms with E-state index in [1.807, 2.05) is 36.6 Å². The van der Waals surface area contributed by atoms with E-state index in [1.165, 1.54) is 11.1 Å². The number of thiophene rings is 1. The number of carbonyl (C=O) groups is 1. The van der Waals surface area contributed by atoms with Crippen LogP contribution in [0.15, 0.2) is 47.9 Å². The van der Waals surface area contributed by atoms with Crippen molar-refractivity contribution in [3.05, 3.63) is 63.9 Å². The highest BCUT2D eigenvalue weighted by atomic mass is 32.1. The van der Waals surface area contributed by atoms with Gasteiger partial charge in [-0.3, -0.25) is 4.79 Å². The molecule has 0 saturated heterocycles. The molecular weight excluding hydrogens is 266 g/mol. The van der Waals surface area contributed by atoms with E-state index in [0.29, 0.717) is 12.5 Å². The Morgan fingerprint density at radius 1 is 1.30 bits per heavy atom. The van der Waals surface area contributed by atoms with Gasteiger partial charge in [0.2, 0.25) is 5.91 Å². The molecule has 1 aromatic carbocycles. The molecule has 1 N–H and O–H groups in total. The number of hydrogen-bond donors (Lipinski definition) is 1.